The molecule has 0 rings (SSSR count). The fraction of sp³-hybridized carbons (Fsp3) is 1.00. The van der Waals surface area contributed by atoms with E-state index >= 15 is 0 Å². The molecule has 0 aromatic carbocycles. The summed E-state index contributed by atoms with van der Waals surface area (Å²) in [6, 6.07) is 0.818. The van der Waals surface area contributed by atoms with E-state index in [1.807, 2.05) is 41.2 Å². The maximum atomic E-state index is 5.65. The largest absolute Gasteiger partial charge is 0.500 e. The maximum absolute atomic E-state index is 5.65. The summed E-state index contributed by atoms with van der Waals surface area (Å²) in [6.45, 7) is 16.0. The van der Waals surface area contributed by atoms with Gasteiger partial charge in [-0.2, -0.15) is 0 Å². The molecule has 0 aliphatic carbocycles. The maximum Gasteiger partial charge on any atom is 0.500 e. The van der Waals surface area contributed by atoms with Gasteiger partial charge in [0, 0.05) is 39.1 Å². The van der Waals surface area contributed by atoms with Crippen molar-refractivity contribution < 1.29 is 22.1 Å². The van der Waals surface area contributed by atoms with Gasteiger partial charge >= 0.3 is 18.1 Å². The minimum absolute atomic E-state index is 0.636. The summed E-state index contributed by atoms with van der Waals surface area (Å²) in [6.07, 6.45) is 0.895. The molecule has 0 amide bonds. The second-order valence-corrected chi connectivity index (χ2v) is 8.89. The molecule has 2 N–H and O–H groups in total. The lowest BCUT2D eigenvalue weighted by Crippen LogP contribution is -2.46. The van der Waals surface area contributed by atoms with E-state index < -0.39 is 18.1 Å². The van der Waals surface area contributed by atoms with Gasteiger partial charge in [0.2, 0.25) is 0 Å². The molecule has 0 radical (unpaired) electrons. The molecule has 0 aliphatic rings. The third kappa shape index (κ3) is 13.8. The van der Waals surface area contributed by atoms with Gasteiger partial charge in [0.15, 0.2) is 0 Å². The van der Waals surface area contributed by atoms with Gasteiger partial charge in [0.25, 0.3) is 0 Å². The van der Waals surface area contributed by atoms with Crippen LogP contribution in [0.3, 0.4) is 0 Å². The Morgan fingerprint density at radius 2 is 1.18 bits per heavy atom. The molecule has 0 heterocycles. The van der Waals surface area contributed by atoms with Crippen molar-refractivity contribution in [2.24, 2.45) is 5.73 Å². The van der Waals surface area contributed by atoms with Crippen molar-refractivity contribution >= 4 is 18.1 Å². The van der Waals surface area contributed by atoms with Crippen molar-refractivity contribution in [3.63, 3.8) is 0 Å². The van der Waals surface area contributed by atoms with E-state index in [2.05, 4.69) is 0 Å². The van der Waals surface area contributed by atoms with Crippen LogP contribution in [0.2, 0.25) is 12.6 Å². The highest BCUT2D eigenvalue weighted by Gasteiger charge is 2.39. The predicted octanol–water partition coefficient (Wildman–Crippen LogP) is 2.29. The van der Waals surface area contributed by atoms with Gasteiger partial charge in [-0.05, 0) is 54.1 Å². The first-order chi connectivity index (χ1) is 10.6. The van der Waals surface area contributed by atoms with E-state index in [4.69, 9.17) is 27.9 Å². The predicted molar refractivity (Wildman–Crippen MR) is 95.4 cm³/mol. The molecule has 22 heavy (non-hydrogen) atoms. The van der Waals surface area contributed by atoms with Crippen molar-refractivity contribution in [1.29, 1.82) is 0 Å². The second kappa shape index (κ2) is 17.5. The van der Waals surface area contributed by atoms with Crippen molar-refractivity contribution in [1.82, 2.24) is 0 Å². The Labute approximate surface area is 139 Å². The average molecular weight is 356 g/mol. The standard InChI is InChI=1S/C9H23NO3Si.C5H14O2Si/c1-4-11-14(12-5-2,13-6-3)9-7-8-10;1-4-6-8(3)7-5-2/h4-10H2,1-3H3;8H,4-5H2,1-3H3. The van der Waals surface area contributed by atoms with Crippen LogP contribution < -0.4 is 5.73 Å². The van der Waals surface area contributed by atoms with Crippen LogP contribution in [-0.2, 0) is 22.1 Å². The molecule has 0 saturated heterocycles. The molecule has 0 aromatic rings. The van der Waals surface area contributed by atoms with E-state index in [1.54, 1.807) is 0 Å². The first-order valence-electron chi connectivity index (χ1n) is 8.40. The number of rotatable bonds is 13. The van der Waals surface area contributed by atoms with Crippen LogP contribution in [0.5, 0.6) is 0 Å². The Bertz CT molecular complexity index is 202. The summed E-state index contributed by atoms with van der Waals surface area (Å²) in [5.41, 5.74) is 5.48. The highest BCUT2D eigenvalue weighted by Crippen LogP contribution is 2.17. The quantitative estimate of drug-likeness (QED) is 0.511. The fourth-order valence-electron chi connectivity index (χ4n) is 1.84. The van der Waals surface area contributed by atoms with E-state index in [0.717, 1.165) is 25.7 Å². The molecular weight excluding hydrogens is 318 g/mol. The topological polar surface area (TPSA) is 72.2 Å². The number of hydrogen-bond donors (Lipinski definition) is 1. The van der Waals surface area contributed by atoms with Crippen molar-refractivity contribution in [2.75, 3.05) is 39.6 Å². The van der Waals surface area contributed by atoms with Crippen LogP contribution >= 0.6 is 0 Å². The smallest absolute Gasteiger partial charge is 0.397 e. The molecule has 0 unspecified atom stereocenters. The van der Waals surface area contributed by atoms with Gasteiger partial charge in [-0.15, -0.1) is 0 Å². The minimum Gasteiger partial charge on any atom is -0.397 e. The molecule has 0 saturated carbocycles. The third-order valence-electron chi connectivity index (χ3n) is 2.58. The molecular formula is C14H37NO5Si2. The Kier molecular flexibility index (Phi) is 19.5. The Morgan fingerprint density at radius 3 is 1.45 bits per heavy atom. The fourth-order valence-corrected chi connectivity index (χ4v) is 5.51. The van der Waals surface area contributed by atoms with Crippen molar-refractivity contribution in [3.8, 4) is 0 Å². The molecule has 0 bridgehead atoms. The van der Waals surface area contributed by atoms with E-state index in [9.17, 15) is 0 Å². The minimum atomic E-state index is -2.40. The SMILES string of the molecule is CCO[SiH](C)OCC.CCO[Si](CCCN)(OCC)OCC. The van der Waals surface area contributed by atoms with E-state index in [-0.39, 0.29) is 0 Å². The van der Waals surface area contributed by atoms with Gasteiger partial charge in [-0.3, -0.25) is 0 Å². The Hall–Kier alpha value is 0.194. The zero-order chi connectivity index (χ0) is 17.3. The highest BCUT2D eigenvalue weighted by molar-refractivity contribution is 6.60. The van der Waals surface area contributed by atoms with Crippen LogP contribution in [0, 0.1) is 0 Å². The third-order valence-corrected chi connectivity index (χ3v) is 7.34. The average Bonchev–Trinajstić information content (AvgIpc) is 2.47. The molecule has 0 atom stereocenters. The van der Waals surface area contributed by atoms with Crippen LogP contribution in [0.4, 0.5) is 0 Å². The van der Waals surface area contributed by atoms with Gasteiger partial charge in [0.05, 0.1) is 0 Å². The first-order valence-corrected chi connectivity index (χ1v) is 12.4. The Morgan fingerprint density at radius 1 is 0.773 bits per heavy atom. The molecule has 0 aliphatic heterocycles. The molecule has 0 fully saturated rings. The lowest BCUT2D eigenvalue weighted by Gasteiger charge is -2.28. The van der Waals surface area contributed by atoms with Gasteiger partial charge in [-0.25, -0.2) is 0 Å². The van der Waals surface area contributed by atoms with Crippen LogP contribution in [0.25, 0.3) is 0 Å². The second-order valence-electron chi connectivity index (χ2n) is 4.35. The molecule has 0 spiro atoms. The highest BCUT2D eigenvalue weighted by atomic mass is 28.4. The normalized spacial score (nSPS) is 11.5. The number of hydrogen-bond acceptors (Lipinski definition) is 6. The van der Waals surface area contributed by atoms with Crippen LogP contribution in [0.15, 0.2) is 0 Å². The molecule has 6 nitrogen and oxygen atoms in total. The van der Waals surface area contributed by atoms with Crippen molar-refractivity contribution in [3.05, 3.63) is 0 Å². The van der Waals surface area contributed by atoms with Gasteiger partial charge < -0.3 is 27.9 Å². The Balaban J connectivity index is 0. The molecule has 8 heteroatoms. The van der Waals surface area contributed by atoms with Crippen LogP contribution in [-0.4, -0.2) is 57.7 Å². The van der Waals surface area contributed by atoms with E-state index in [0.29, 0.717) is 26.4 Å². The zero-order valence-electron chi connectivity index (χ0n) is 15.4. The van der Waals surface area contributed by atoms with Gasteiger partial charge in [0.1, 0.15) is 0 Å². The monoisotopic (exact) mass is 355 g/mol. The summed E-state index contributed by atoms with van der Waals surface area (Å²) in [5, 5.41) is 0. The molecule has 0 aromatic heterocycles. The number of nitrogens with two attached hydrogens (primary N) is 1. The summed E-state index contributed by atoms with van der Waals surface area (Å²) in [5.74, 6) is 0. The lowest BCUT2D eigenvalue weighted by atomic mass is 10.5. The van der Waals surface area contributed by atoms with Crippen molar-refractivity contribution in [2.45, 2.75) is 53.6 Å². The molecule has 136 valence electrons. The first kappa shape index (κ1) is 24.4. The van der Waals surface area contributed by atoms with E-state index in [1.165, 1.54) is 0 Å². The summed E-state index contributed by atoms with van der Waals surface area (Å²) < 4.78 is 27.4. The lowest BCUT2D eigenvalue weighted by molar-refractivity contribution is 0.0710. The van der Waals surface area contributed by atoms with Crippen LogP contribution in [0.1, 0.15) is 41.0 Å². The zero-order valence-corrected chi connectivity index (χ0v) is 17.5. The summed E-state index contributed by atoms with van der Waals surface area (Å²) >= 11 is 0. The summed E-state index contributed by atoms with van der Waals surface area (Å²) in [7, 11) is -3.60. The summed E-state index contributed by atoms with van der Waals surface area (Å²) in [4.78, 5) is 0. The van der Waals surface area contributed by atoms with Gasteiger partial charge in [-0.1, -0.05) is 0 Å².